The second kappa shape index (κ2) is 4.63. The number of aromatic nitrogens is 2. The fourth-order valence-electron chi connectivity index (χ4n) is 1.72. The largest absolute Gasteiger partial charge is 0.338 e. The van der Waals surface area contributed by atoms with Gasteiger partial charge in [-0.1, -0.05) is 41.9 Å². The summed E-state index contributed by atoms with van der Waals surface area (Å²) in [5.41, 5.74) is 2.55. The lowest BCUT2D eigenvalue weighted by Crippen LogP contribution is -1.97. The molecule has 88 valence electrons. The maximum atomic E-state index is 6.12. The van der Waals surface area contributed by atoms with Gasteiger partial charge < -0.3 is 5.32 Å². The standard InChI is InChI=1S/C14H10ClN3/c15-13-14(16-10-6-2-1-3-7-10)18-12-9-5-4-8-11(12)17-13/h1-9H,(H,16,18). The van der Waals surface area contributed by atoms with Gasteiger partial charge in [-0.05, 0) is 24.3 Å². The first-order valence-corrected chi connectivity index (χ1v) is 5.95. The highest BCUT2D eigenvalue weighted by Gasteiger charge is 2.06. The second-order valence-corrected chi connectivity index (χ2v) is 4.20. The van der Waals surface area contributed by atoms with Gasteiger partial charge in [-0.2, -0.15) is 0 Å². The van der Waals surface area contributed by atoms with Crippen LogP contribution in [0.2, 0.25) is 5.15 Å². The van der Waals surface area contributed by atoms with Crippen molar-refractivity contribution in [1.29, 1.82) is 0 Å². The van der Waals surface area contributed by atoms with Crippen LogP contribution < -0.4 is 5.32 Å². The molecule has 0 fully saturated rings. The number of para-hydroxylation sites is 3. The molecule has 0 saturated carbocycles. The molecule has 4 heteroatoms. The number of anilines is 2. The van der Waals surface area contributed by atoms with Crippen LogP contribution >= 0.6 is 11.6 Å². The quantitative estimate of drug-likeness (QED) is 0.751. The molecule has 0 spiro atoms. The molecule has 0 unspecified atom stereocenters. The molecule has 1 N–H and O–H groups in total. The van der Waals surface area contributed by atoms with Gasteiger partial charge in [0.25, 0.3) is 0 Å². The number of nitrogens with one attached hydrogen (secondary N) is 1. The average molecular weight is 256 g/mol. The lowest BCUT2D eigenvalue weighted by atomic mass is 10.3. The normalized spacial score (nSPS) is 10.5. The van der Waals surface area contributed by atoms with Crippen molar-refractivity contribution in [1.82, 2.24) is 9.97 Å². The summed E-state index contributed by atoms with van der Waals surface area (Å²) in [5.74, 6) is 0.571. The first kappa shape index (κ1) is 11.0. The van der Waals surface area contributed by atoms with E-state index in [0.29, 0.717) is 11.0 Å². The zero-order chi connectivity index (χ0) is 12.4. The Morgan fingerprint density at radius 2 is 1.39 bits per heavy atom. The van der Waals surface area contributed by atoms with E-state index in [1.807, 2.05) is 54.6 Å². The Hall–Kier alpha value is -2.13. The number of rotatable bonds is 2. The fourth-order valence-corrected chi connectivity index (χ4v) is 1.90. The van der Waals surface area contributed by atoms with E-state index in [1.54, 1.807) is 0 Å². The van der Waals surface area contributed by atoms with Gasteiger partial charge in [0.1, 0.15) is 0 Å². The Balaban J connectivity index is 2.04. The van der Waals surface area contributed by atoms with E-state index in [2.05, 4.69) is 15.3 Å². The van der Waals surface area contributed by atoms with Crippen molar-refractivity contribution in [2.75, 3.05) is 5.32 Å². The van der Waals surface area contributed by atoms with Gasteiger partial charge in [-0.15, -0.1) is 0 Å². The van der Waals surface area contributed by atoms with Gasteiger partial charge in [0.2, 0.25) is 0 Å². The first-order chi connectivity index (χ1) is 8.83. The topological polar surface area (TPSA) is 37.8 Å². The van der Waals surface area contributed by atoms with E-state index < -0.39 is 0 Å². The van der Waals surface area contributed by atoms with Crippen LogP contribution in [0.25, 0.3) is 11.0 Å². The number of hydrogen-bond acceptors (Lipinski definition) is 3. The smallest absolute Gasteiger partial charge is 0.172 e. The molecule has 3 nitrogen and oxygen atoms in total. The number of nitrogens with zero attached hydrogens (tertiary/aromatic N) is 2. The molecule has 0 aliphatic rings. The number of benzene rings is 2. The molecule has 0 saturated heterocycles. The summed E-state index contributed by atoms with van der Waals surface area (Å²) < 4.78 is 0. The molecule has 3 aromatic rings. The SMILES string of the molecule is Clc1nc2ccccc2nc1Nc1ccccc1. The summed E-state index contributed by atoms with van der Waals surface area (Å²) in [6.07, 6.45) is 0. The summed E-state index contributed by atoms with van der Waals surface area (Å²) in [7, 11) is 0. The van der Waals surface area contributed by atoms with Crippen molar-refractivity contribution in [2.24, 2.45) is 0 Å². The lowest BCUT2D eigenvalue weighted by molar-refractivity contribution is 1.28. The fraction of sp³-hybridized carbons (Fsp3) is 0. The Morgan fingerprint density at radius 1 is 0.778 bits per heavy atom. The molecule has 1 aromatic heterocycles. The monoisotopic (exact) mass is 255 g/mol. The predicted molar refractivity (Wildman–Crippen MR) is 74.3 cm³/mol. The van der Waals surface area contributed by atoms with Crippen molar-refractivity contribution < 1.29 is 0 Å². The van der Waals surface area contributed by atoms with E-state index in [0.717, 1.165) is 16.7 Å². The van der Waals surface area contributed by atoms with Crippen molar-refractivity contribution in [2.45, 2.75) is 0 Å². The molecule has 0 atom stereocenters. The number of hydrogen-bond donors (Lipinski definition) is 1. The van der Waals surface area contributed by atoms with Gasteiger partial charge in [0, 0.05) is 5.69 Å². The average Bonchev–Trinajstić information content (AvgIpc) is 2.41. The third-order valence-electron chi connectivity index (χ3n) is 2.56. The van der Waals surface area contributed by atoms with Crippen LogP contribution in [0.1, 0.15) is 0 Å². The maximum absolute atomic E-state index is 6.12. The van der Waals surface area contributed by atoms with E-state index in [-0.39, 0.29) is 0 Å². The molecule has 0 aliphatic carbocycles. The van der Waals surface area contributed by atoms with E-state index >= 15 is 0 Å². The summed E-state index contributed by atoms with van der Waals surface area (Å²) in [6, 6.07) is 17.4. The van der Waals surface area contributed by atoms with E-state index in [4.69, 9.17) is 11.6 Å². The van der Waals surface area contributed by atoms with E-state index in [1.165, 1.54) is 0 Å². The summed E-state index contributed by atoms with van der Waals surface area (Å²) in [5, 5.41) is 3.53. The molecule has 0 bridgehead atoms. The van der Waals surface area contributed by atoms with Crippen LogP contribution in [0, 0.1) is 0 Å². The van der Waals surface area contributed by atoms with Crippen LogP contribution in [0.5, 0.6) is 0 Å². The maximum Gasteiger partial charge on any atom is 0.172 e. The van der Waals surface area contributed by atoms with E-state index in [9.17, 15) is 0 Å². The predicted octanol–water partition coefficient (Wildman–Crippen LogP) is 4.03. The highest BCUT2D eigenvalue weighted by molar-refractivity contribution is 6.32. The third kappa shape index (κ3) is 2.13. The molecule has 0 radical (unpaired) electrons. The van der Waals surface area contributed by atoms with Crippen LogP contribution in [0.4, 0.5) is 11.5 Å². The highest BCUT2D eigenvalue weighted by atomic mass is 35.5. The molecule has 18 heavy (non-hydrogen) atoms. The summed E-state index contributed by atoms with van der Waals surface area (Å²) in [6.45, 7) is 0. The Bertz CT molecular complexity index is 683. The van der Waals surface area contributed by atoms with Gasteiger partial charge in [-0.3, -0.25) is 0 Å². The van der Waals surface area contributed by atoms with Crippen LogP contribution in [0.3, 0.4) is 0 Å². The minimum atomic E-state index is 0.373. The zero-order valence-corrected chi connectivity index (χ0v) is 10.2. The summed E-state index contributed by atoms with van der Waals surface area (Å²) >= 11 is 6.12. The molecule has 0 aliphatic heterocycles. The van der Waals surface area contributed by atoms with Crippen LogP contribution in [-0.2, 0) is 0 Å². The van der Waals surface area contributed by atoms with Crippen molar-refractivity contribution in [3.8, 4) is 0 Å². The first-order valence-electron chi connectivity index (χ1n) is 5.57. The highest BCUT2D eigenvalue weighted by Crippen LogP contribution is 2.24. The minimum absolute atomic E-state index is 0.373. The molecular formula is C14H10ClN3. The molecule has 0 amide bonds. The molecule has 3 rings (SSSR count). The number of fused-ring (bicyclic) bond motifs is 1. The Labute approximate surface area is 109 Å². The van der Waals surface area contributed by atoms with Crippen molar-refractivity contribution >= 4 is 34.1 Å². The third-order valence-corrected chi connectivity index (χ3v) is 2.83. The van der Waals surface area contributed by atoms with Gasteiger partial charge in [0.15, 0.2) is 11.0 Å². The van der Waals surface area contributed by atoms with Crippen molar-refractivity contribution in [3.63, 3.8) is 0 Å². The zero-order valence-electron chi connectivity index (χ0n) is 9.47. The van der Waals surface area contributed by atoms with Gasteiger partial charge >= 0.3 is 0 Å². The lowest BCUT2D eigenvalue weighted by Gasteiger charge is -2.07. The van der Waals surface area contributed by atoms with Crippen molar-refractivity contribution in [3.05, 3.63) is 59.8 Å². The van der Waals surface area contributed by atoms with Gasteiger partial charge in [-0.25, -0.2) is 9.97 Å². The Kier molecular flexibility index (Phi) is 2.82. The van der Waals surface area contributed by atoms with Crippen LogP contribution in [-0.4, -0.2) is 9.97 Å². The molecular weight excluding hydrogens is 246 g/mol. The molecule has 2 aromatic carbocycles. The summed E-state index contributed by atoms with van der Waals surface area (Å²) in [4.78, 5) is 8.78. The Morgan fingerprint density at radius 3 is 2.11 bits per heavy atom. The second-order valence-electron chi connectivity index (χ2n) is 3.84. The minimum Gasteiger partial charge on any atom is -0.338 e. The van der Waals surface area contributed by atoms with Crippen LogP contribution in [0.15, 0.2) is 54.6 Å². The molecule has 1 heterocycles. The number of halogens is 1. The van der Waals surface area contributed by atoms with Gasteiger partial charge in [0.05, 0.1) is 11.0 Å².